The van der Waals surface area contributed by atoms with Crippen LogP contribution in [-0.4, -0.2) is 41.0 Å². The van der Waals surface area contributed by atoms with Gasteiger partial charge in [-0.1, -0.05) is 30.3 Å². The van der Waals surface area contributed by atoms with E-state index in [1.54, 1.807) is 6.20 Å². The van der Waals surface area contributed by atoms with E-state index in [2.05, 4.69) is 22.1 Å². The maximum absolute atomic E-state index is 12.6. The minimum Gasteiger partial charge on any atom is -0.347 e. The molecule has 1 N–H and O–H groups in total. The molecule has 0 saturated carbocycles. The Balaban J connectivity index is 1.49. The maximum atomic E-state index is 12.6. The zero-order chi connectivity index (χ0) is 15.8. The molecule has 5 heteroatoms. The highest BCUT2D eigenvalue weighted by Gasteiger charge is 2.40. The van der Waals surface area contributed by atoms with E-state index in [0.717, 1.165) is 10.6 Å². The van der Waals surface area contributed by atoms with E-state index in [1.807, 2.05) is 30.3 Å². The summed E-state index contributed by atoms with van der Waals surface area (Å²) in [5.41, 5.74) is 1.06. The fourth-order valence-corrected chi connectivity index (χ4v) is 4.69. The van der Waals surface area contributed by atoms with E-state index < -0.39 is 0 Å². The average molecular weight is 327 g/mol. The molecule has 3 fully saturated rings. The molecule has 4 heterocycles. The van der Waals surface area contributed by atoms with Crippen molar-refractivity contribution in [1.29, 1.82) is 0 Å². The second-order valence-corrected chi connectivity index (χ2v) is 7.54. The number of nitrogens with one attached hydrogen (secondary N) is 1. The van der Waals surface area contributed by atoms with E-state index in [1.165, 1.54) is 37.3 Å². The Morgan fingerprint density at radius 3 is 2.70 bits per heavy atom. The summed E-state index contributed by atoms with van der Waals surface area (Å²) < 4.78 is 0. The molecule has 0 spiro atoms. The van der Waals surface area contributed by atoms with Crippen molar-refractivity contribution in [3.63, 3.8) is 0 Å². The molecular weight excluding hydrogens is 306 g/mol. The number of thiazole rings is 1. The highest BCUT2D eigenvalue weighted by atomic mass is 32.1. The average Bonchev–Trinajstić information content (AvgIpc) is 3.09. The SMILES string of the molecule is CC1C(NC(=O)c2cnc(-c3ccccc3)s2)C2CCN1CC2. The molecule has 2 atom stereocenters. The van der Waals surface area contributed by atoms with Crippen LogP contribution < -0.4 is 5.32 Å². The highest BCUT2D eigenvalue weighted by Crippen LogP contribution is 2.32. The Morgan fingerprint density at radius 2 is 2.00 bits per heavy atom. The number of hydrogen-bond acceptors (Lipinski definition) is 4. The van der Waals surface area contributed by atoms with Gasteiger partial charge in [-0.25, -0.2) is 4.98 Å². The summed E-state index contributed by atoms with van der Waals surface area (Å²) in [6.07, 6.45) is 4.11. The van der Waals surface area contributed by atoms with Crippen LogP contribution in [0.4, 0.5) is 0 Å². The smallest absolute Gasteiger partial charge is 0.263 e. The number of piperidine rings is 3. The van der Waals surface area contributed by atoms with Crippen LogP contribution in [0.2, 0.25) is 0 Å². The molecule has 2 unspecified atom stereocenters. The Labute approximate surface area is 140 Å². The minimum atomic E-state index is 0.0234. The Kier molecular flexibility index (Phi) is 3.91. The molecule has 2 bridgehead atoms. The van der Waals surface area contributed by atoms with Crippen LogP contribution in [0.3, 0.4) is 0 Å². The molecule has 4 nitrogen and oxygen atoms in total. The van der Waals surface area contributed by atoms with Crippen LogP contribution in [0.5, 0.6) is 0 Å². The molecule has 3 aliphatic heterocycles. The lowest BCUT2D eigenvalue weighted by atomic mass is 9.79. The van der Waals surface area contributed by atoms with Gasteiger partial charge in [-0.2, -0.15) is 0 Å². The number of rotatable bonds is 3. The summed E-state index contributed by atoms with van der Waals surface area (Å²) in [5, 5.41) is 4.17. The van der Waals surface area contributed by atoms with Crippen molar-refractivity contribution in [1.82, 2.24) is 15.2 Å². The molecule has 120 valence electrons. The van der Waals surface area contributed by atoms with Crippen LogP contribution in [-0.2, 0) is 0 Å². The van der Waals surface area contributed by atoms with Crippen molar-refractivity contribution in [3.05, 3.63) is 41.4 Å². The molecular formula is C18H21N3OS. The number of fused-ring (bicyclic) bond motifs is 3. The molecule has 1 aromatic heterocycles. The van der Waals surface area contributed by atoms with Gasteiger partial charge in [-0.3, -0.25) is 9.69 Å². The minimum absolute atomic E-state index is 0.0234. The number of carbonyl (C=O) groups excluding carboxylic acids is 1. The van der Waals surface area contributed by atoms with Crippen LogP contribution in [0.1, 0.15) is 29.4 Å². The number of benzene rings is 1. The number of carbonyl (C=O) groups is 1. The number of nitrogens with zero attached hydrogens (tertiary/aromatic N) is 2. The largest absolute Gasteiger partial charge is 0.347 e. The van der Waals surface area contributed by atoms with Gasteiger partial charge in [0.15, 0.2) is 0 Å². The van der Waals surface area contributed by atoms with Gasteiger partial charge >= 0.3 is 0 Å². The first-order valence-electron chi connectivity index (χ1n) is 8.28. The summed E-state index contributed by atoms with van der Waals surface area (Å²) in [6, 6.07) is 10.7. The third-order valence-corrected chi connectivity index (χ3v) is 6.27. The Bertz CT molecular complexity index is 689. The molecule has 3 aliphatic rings. The third-order valence-electron chi connectivity index (χ3n) is 5.23. The van der Waals surface area contributed by atoms with Gasteiger partial charge in [0.05, 0.1) is 6.20 Å². The van der Waals surface area contributed by atoms with E-state index >= 15 is 0 Å². The lowest BCUT2D eigenvalue weighted by Gasteiger charge is -2.49. The van der Waals surface area contributed by atoms with Gasteiger partial charge in [-0.05, 0) is 38.8 Å². The van der Waals surface area contributed by atoms with Crippen LogP contribution >= 0.6 is 11.3 Å². The van der Waals surface area contributed by atoms with E-state index in [-0.39, 0.29) is 11.9 Å². The monoisotopic (exact) mass is 327 g/mol. The quantitative estimate of drug-likeness (QED) is 0.942. The van der Waals surface area contributed by atoms with E-state index in [0.29, 0.717) is 16.8 Å². The van der Waals surface area contributed by atoms with Crippen LogP contribution in [0.15, 0.2) is 36.5 Å². The van der Waals surface area contributed by atoms with Crippen molar-refractivity contribution in [2.45, 2.75) is 31.8 Å². The number of amides is 1. The van der Waals surface area contributed by atoms with Crippen molar-refractivity contribution < 1.29 is 4.79 Å². The summed E-state index contributed by atoms with van der Waals surface area (Å²) in [7, 11) is 0. The van der Waals surface area contributed by atoms with Crippen molar-refractivity contribution >= 4 is 17.2 Å². The lowest BCUT2D eigenvalue weighted by molar-refractivity contribution is 0.0218. The first-order chi connectivity index (χ1) is 11.2. The second-order valence-electron chi connectivity index (χ2n) is 6.51. The van der Waals surface area contributed by atoms with E-state index in [4.69, 9.17) is 0 Å². The molecule has 5 rings (SSSR count). The molecule has 3 saturated heterocycles. The summed E-state index contributed by atoms with van der Waals surface area (Å²) in [5.74, 6) is 0.649. The highest BCUT2D eigenvalue weighted by molar-refractivity contribution is 7.16. The fourth-order valence-electron chi connectivity index (χ4n) is 3.86. The fraction of sp³-hybridized carbons (Fsp3) is 0.444. The van der Waals surface area contributed by atoms with Crippen LogP contribution in [0.25, 0.3) is 10.6 Å². The molecule has 23 heavy (non-hydrogen) atoms. The van der Waals surface area contributed by atoms with E-state index in [9.17, 15) is 4.79 Å². The van der Waals surface area contributed by atoms with Crippen molar-refractivity contribution in [2.75, 3.05) is 13.1 Å². The van der Waals surface area contributed by atoms with Gasteiger partial charge in [0.1, 0.15) is 9.88 Å². The summed E-state index contributed by atoms with van der Waals surface area (Å²) in [6.45, 7) is 4.59. The predicted molar refractivity (Wildman–Crippen MR) is 92.6 cm³/mol. The van der Waals surface area contributed by atoms with Gasteiger partial charge in [0.25, 0.3) is 5.91 Å². The van der Waals surface area contributed by atoms with Gasteiger partial charge in [0, 0.05) is 17.6 Å². The summed E-state index contributed by atoms with van der Waals surface area (Å²) >= 11 is 1.47. The van der Waals surface area contributed by atoms with Crippen molar-refractivity contribution in [3.8, 4) is 10.6 Å². The lowest BCUT2D eigenvalue weighted by Crippen LogP contribution is -2.62. The van der Waals surface area contributed by atoms with Crippen LogP contribution in [0, 0.1) is 5.92 Å². The first kappa shape index (κ1) is 14.8. The second kappa shape index (κ2) is 6.06. The number of aromatic nitrogens is 1. The Morgan fingerprint density at radius 1 is 1.26 bits per heavy atom. The topological polar surface area (TPSA) is 45.2 Å². The zero-order valence-electron chi connectivity index (χ0n) is 13.2. The maximum Gasteiger partial charge on any atom is 0.263 e. The Hall–Kier alpha value is -1.72. The first-order valence-corrected chi connectivity index (χ1v) is 9.10. The van der Waals surface area contributed by atoms with Gasteiger partial charge in [0.2, 0.25) is 0 Å². The third kappa shape index (κ3) is 2.79. The predicted octanol–water partition coefficient (Wildman–Crippen LogP) is 3.02. The van der Waals surface area contributed by atoms with Gasteiger partial charge in [-0.15, -0.1) is 11.3 Å². The molecule has 0 radical (unpaired) electrons. The standard InChI is InChI=1S/C18H21N3OS/c1-12-16(13-7-9-21(12)10-8-13)20-17(22)15-11-19-18(23-15)14-5-3-2-4-6-14/h2-6,11-13,16H,7-10H2,1H3,(H,20,22). The number of hydrogen-bond donors (Lipinski definition) is 1. The molecule has 1 amide bonds. The van der Waals surface area contributed by atoms with Gasteiger partial charge < -0.3 is 5.32 Å². The molecule has 2 aromatic rings. The normalized spacial score (nSPS) is 29.4. The van der Waals surface area contributed by atoms with Crippen molar-refractivity contribution in [2.24, 2.45) is 5.92 Å². The molecule has 0 aliphatic carbocycles. The molecule has 1 aromatic carbocycles. The zero-order valence-corrected chi connectivity index (χ0v) is 14.1. The summed E-state index contributed by atoms with van der Waals surface area (Å²) in [4.78, 5) is 20.2.